The molecule has 0 aliphatic heterocycles. The van der Waals surface area contributed by atoms with E-state index in [1.165, 1.54) is 0 Å². The number of hydrogen-bond acceptors (Lipinski definition) is 3. The Balaban J connectivity index is 0. The summed E-state index contributed by atoms with van der Waals surface area (Å²) in [7, 11) is -4.04. The van der Waals surface area contributed by atoms with Crippen LogP contribution in [0.15, 0.2) is 0 Å². The second kappa shape index (κ2) is 4.94. The fourth-order valence-corrected chi connectivity index (χ4v) is 0.489. The monoisotopic (exact) mass is 147 g/mol. The van der Waals surface area contributed by atoms with Crippen LogP contribution in [-0.4, -0.2) is 17.6 Å². The van der Waals surface area contributed by atoms with E-state index in [0.717, 1.165) is 0 Å². The summed E-state index contributed by atoms with van der Waals surface area (Å²) in [5.41, 5.74) is 4.78. The molecule has 0 aromatic heterocycles. The number of hydrogen-bond donors (Lipinski definition) is 2. The zero-order valence-electron chi connectivity index (χ0n) is 4.70. The molecule has 0 radical (unpaired) electrons. The van der Waals surface area contributed by atoms with Crippen LogP contribution in [0.2, 0.25) is 0 Å². The van der Waals surface area contributed by atoms with Gasteiger partial charge in [0.05, 0.1) is 0 Å². The fraction of sp³-hybridized carbons (Fsp3) is 1.00. The molecular formula is C2H7NNaO3P. The number of nitrogens with two attached hydrogens (primary N) is 1. The third kappa shape index (κ3) is 10.2. The molecule has 0 saturated heterocycles. The molecule has 44 valence electrons. The van der Waals surface area contributed by atoms with Gasteiger partial charge >= 0.3 is 29.6 Å². The van der Waals surface area contributed by atoms with Crippen LogP contribution in [0.5, 0.6) is 0 Å². The second-order valence-corrected chi connectivity index (χ2v) is 2.87. The van der Waals surface area contributed by atoms with Crippen LogP contribution in [0.25, 0.3) is 0 Å². The van der Waals surface area contributed by atoms with Crippen molar-refractivity contribution in [1.82, 2.24) is 0 Å². The van der Waals surface area contributed by atoms with Gasteiger partial charge in [-0.3, -0.25) is 0 Å². The first-order valence-electron chi connectivity index (χ1n) is 1.79. The maximum atomic E-state index is 9.73. The minimum atomic E-state index is -4.04. The Kier molecular flexibility index (Phi) is 7.32. The van der Waals surface area contributed by atoms with Gasteiger partial charge in [0.2, 0.25) is 0 Å². The topological polar surface area (TPSA) is 86.4 Å². The largest absolute Gasteiger partial charge is 1.00 e. The first kappa shape index (κ1) is 11.9. The standard InChI is InChI=1S/C2H8NO3P.Na/c3-1-2-7(4,5)6;/h1-3H2,(H2,4,5,6);/q;+1/p-1. The van der Waals surface area contributed by atoms with E-state index in [9.17, 15) is 9.46 Å². The predicted molar refractivity (Wildman–Crippen MR) is 23.7 cm³/mol. The maximum Gasteiger partial charge on any atom is 1.00 e. The van der Waals surface area contributed by atoms with E-state index in [4.69, 9.17) is 10.6 Å². The van der Waals surface area contributed by atoms with Gasteiger partial charge in [-0.15, -0.1) is 0 Å². The van der Waals surface area contributed by atoms with E-state index in [0.29, 0.717) is 0 Å². The Hall–Kier alpha value is 1.11. The van der Waals surface area contributed by atoms with Crippen LogP contribution in [0.3, 0.4) is 0 Å². The summed E-state index contributed by atoms with van der Waals surface area (Å²) in [5, 5.41) is 0. The molecule has 0 heterocycles. The van der Waals surface area contributed by atoms with Crippen molar-refractivity contribution >= 4 is 7.60 Å². The van der Waals surface area contributed by atoms with E-state index < -0.39 is 7.60 Å². The first-order valence-corrected chi connectivity index (χ1v) is 3.55. The van der Waals surface area contributed by atoms with Gasteiger partial charge in [-0.1, -0.05) is 0 Å². The molecule has 6 heteroatoms. The molecule has 0 aromatic carbocycles. The normalized spacial score (nSPS) is 16.4. The molecule has 0 amide bonds. The quantitative estimate of drug-likeness (QED) is 0.304. The Morgan fingerprint density at radius 3 is 2.12 bits per heavy atom. The molecule has 4 nitrogen and oxygen atoms in total. The summed E-state index contributed by atoms with van der Waals surface area (Å²) in [4.78, 5) is 17.7. The van der Waals surface area contributed by atoms with Crippen LogP contribution < -0.4 is 40.2 Å². The van der Waals surface area contributed by atoms with Crippen molar-refractivity contribution in [2.75, 3.05) is 12.7 Å². The smallest absolute Gasteiger partial charge is 0.779 e. The number of rotatable bonds is 2. The zero-order chi connectivity index (χ0) is 5.91. The third-order valence-electron chi connectivity index (χ3n) is 0.412. The van der Waals surface area contributed by atoms with Gasteiger partial charge in [-0.05, 0) is 0 Å². The third-order valence-corrected chi connectivity index (χ3v) is 1.24. The van der Waals surface area contributed by atoms with Gasteiger partial charge in [0.1, 0.15) is 7.60 Å². The molecule has 0 bridgehead atoms. The van der Waals surface area contributed by atoms with Gasteiger partial charge < -0.3 is 20.1 Å². The zero-order valence-corrected chi connectivity index (χ0v) is 7.60. The average molecular weight is 147 g/mol. The molecule has 0 aliphatic carbocycles. The summed E-state index contributed by atoms with van der Waals surface area (Å²) < 4.78 is 9.73. The van der Waals surface area contributed by atoms with Crippen LogP contribution >= 0.6 is 7.60 Å². The predicted octanol–water partition coefficient (Wildman–Crippen LogP) is -4.51. The van der Waals surface area contributed by atoms with E-state index >= 15 is 0 Å². The molecule has 0 aliphatic rings. The minimum Gasteiger partial charge on any atom is -0.779 e. The van der Waals surface area contributed by atoms with Crippen LogP contribution in [0.1, 0.15) is 0 Å². The van der Waals surface area contributed by atoms with Crippen LogP contribution in [-0.2, 0) is 4.57 Å². The van der Waals surface area contributed by atoms with Crippen LogP contribution in [0, 0.1) is 0 Å². The van der Waals surface area contributed by atoms with E-state index in [1.54, 1.807) is 0 Å². The molecule has 0 rings (SSSR count). The molecule has 0 aromatic rings. The van der Waals surface area contributed by atoms with Gasteiger partial charge in [-0.2, -0.15) is 0 Å². The molecule has 3 N–H and O–H groups in total. The Morgan fingerprint density at radius 2 is 2.12 bits per heavy atom. The van der Waals surface area contributed by atoms with Crippen molar-refractivity contribution in [3.63, 3.8) is 0 Å². The van der Waals surface area contributed by atoms with Gasteiger partial charge in [0.15, 0.2) is 0 Å². The molecular weight excluding hydrogens is 140 g/mol. The minimum absolute atomic E-state index is 0. The van der Waals surface area contributed by atoms with E-state index in [2.05, 4.69) is 0 Å². The summed E-state index contributed by atoms with van der Waals surface area (Å²) in [6.07, 6.45) is -0.326. The molecule has 0 fully saturated rings. The van der Waals surface area contributed by atoms with Gasteiger partial charge in [0, 0.05) is 12.7 Å². The molecule has 8 heavy (non-hydrogen) atoms. The molecule has 0 spiro atoms. The summed E-state index contributed by atoms with van der Waals surface area (Å²) >= 11 is 0. The average Bonchev–Trinajstić information content (AvgIpc) is 1.30. The SMILES string of the molecule is NCCP(=O)([O-])O.[Na+]. The van der Waals surface area contributed by atoms with Gasteiger partial charge in [0.25, 0.3) is 0 Å². The van der Waals surface area contributed by atoms with Crippen molar-refractivity contribution in [3.05, 3.63) is 0 Å². The van der Waals surface area contributed by atoms with Crippen molar-refractivity contribution < 1.29 is 43.9 Å². The summed E-state index contributed by atoms with van der Waals surface area (Å²) in [5.74, 6) is 0. The Morgan fingerprint density at radius 1 is 1.75 bits per heavy atom. The van der Waals surface area contributed by atoms with Crippen molar-refractivity contribution in [1.29, 1.82) is 0 Å². The molecule has 0 saturated carbocycles. The Bertz CT molecular complexity index is 91.3. The van der Waals surface area contributed by atoms with Crippen LogP contribution in [0.4, 0.5) is 0 Å². The molecule has 1 atom stereocenters. The van der Waals surface area contributed by atoms with E-state index in [1.807, 2.05) is 0 Å². The van der Waals surface area contributed by atoms with Gasteiger partial charge in [-0.25, -0.2) is 0 Å². The fourth-order valence-electron chi connectivity index (χ4n) is 0.163. The summed E-state index contributed by atoms with van der Waals surface area (Å²) in [6, 6.07) is 0. The summed E-state index contributed by atoms with van der Waals surface area (Å²) in [6.45, 7) is -0.0166. The van der Waals surface area contributed by atoms with Crippen molar-refractivity contribution in [3.8, 4) is 0 Å². The Labute approximate surface area is 69.9 Å². The van der Waals surface area contributed by atoms with E-state index in [-0.39, 0.29) is 42.3 Å². The first-order chi connectivity index (χ1) is 3.06. The second-order valence-electron chi connectivity index (χ2n) is 1.15. The van der Waals surface area contributed by atoms with Crippen molar-refractivity contribution in [2.45, 2.75) is 0 Å². The van der Waals surface area contributed by atoms with Crippen molar-refractivity contribution in [2.24, 2.45) is 5.73 Å². The molecule has 1 unspecified atom stereocenters. The maximum absolute atomic E-state index is 9.73.